The summed E-state index contributed by atoms with van der Waals surface area (Å²) in [5.74, 6) is -1.72. The molecule has 6 aromatic rings. The van der Waals surface area contributed by atoms with Gasteiger partial charge in [-0.05, 0) is 98.3 Å². The molecule has 0 saturated carbocycles. The lowest BCUT2D eigenvalue weighted by Gasteiger charge is -2.16. The fourth-order valence-electron chi connectivity index (χ4n) is 8.34. The van der Waals surface area contributed by atoms with Gasteiger partial charge in [-0.15, -0.1) is 12.6 Å². The van der Waals surface area contributed by atoms with E-state index in [1.54, 1.807) is 80.8 Å². The Bertz CT molecular complexity index is 3870. The highest BCUT2D eigenvalue weighted by Crippen LogP contribution is 2.44. The number of halogens is 3. The van der Waals surface area contributed by atoms with Crippen LogP contribution in [0.4, 0.5) is 21.9 Å². The molecular weight excluding hydrogens is 1270 g/mol. The summed E-state index contributed by atoms with van der Waals surface area (Å²) in [6.07, 6.45) is 8.45. The minimum Gasteiger partial charge on any atom is -0.464 e. The van der Waals surface area contributed by atoms with Crippen molar-refractivity contribution in [3.05, 3.63) is 245 Å². The maximum absolute atomic E-state index is 12.6. The van der Waals surface area contributed by atoms with Crippen LogP contribution in [-0.2, 0) is 42.9 Å². The summed E-state index contributed by atoms with van der Waals surface area (Å²) in [5.41, 5.74) is 6.24. The summed E-state index contributed by atoms with van der Waals surface area (Å²) in [6, 6.07) is 43.2. The summed E-state index contributed by atoms with van der Waals surface area (Å²) in [7, 11) is 0. The molecule has 0 radical (unpaired) electrons. The summed E-state index contributed by atoms with van der Waals surface area (Å²) in [5, 5.41) is 6.09. The van der Waals surface area contributed by atoms with Crippen molar-refractivity contribution in [1.29, 1.82) is 0 Å². The first-order valence-corrected chi connectivity index (χ1v) is 31.5. The number of allylic oxidation sites excluding steroid dienone is 1. The number of nitrogens with one attached hydrogen (secondary N) is 1. The molecule has 0 unspecified atom stereocenters. The van der Waals surface area contributed by atoms with E-state index in [0.717, 1.165) is 56.9 Å². The number of hydrogen-bond acceptors (Lipinski definition) is 17. The van der Waals surface area contributed by atoms with Crippen molar-refractivity contribution in [1.82, 2.24) is 0 Å². The normalized spacial score (nSPS) is 15.3. The molecule has 0 bridgehead atoms. The van der Waals surface area contributed by atoms with Gasteiger partial charge in [-0.25, -0.2) is 34.1 Å². The Balaban J connectivity index is 0.000000171. The lowest BCUT2D eigenvalue weighted by Crippen LogP contribution is -2.28. The van der Waals surface area contributed by atoms with Gasteiger partial charge in [0.2, 0.25) is 17.5 Å². The molecule has 4 heterocycles. The molecule has 17 nitrogen and oxygen atoms in total. The van der Waals surface area contributed by atoms with Crippen molar-refractivity contribution in [2.45, 2.75) is 71.1 Å². The Hall–Kier alpha value is -8.68. The number of imide groups is 1. The van der Waals surface area contributed by atoms with Crippen LogP contribution in [0.25, 0.3) is 4.85 Å². The number of cyclic esters (lactones) is 2. The number of anilines is 2. The number of carbonyl (C=O) groups excluding carboxylic acids is 6. The number of thioether (sulfide) groups is 2. The van der Waals surface area contributed by atoms with Crippen LogP contribution in [0.3, 0.4) is 0 Å². The van der Waals surface area contributed by atoms with Gasteiger partial charge in [0.25, 0.3) is 17.1 Å². The average molecular weight is 1330 g/mol. The number of ether oxygens (including phenoxy) is 5. The molecular formula is C67H59Cl3N6O11S3. The number of nitrogens with zero attached hydrogens (tertiary/aromatic N) is 5. The van der Waals surface area contributed by atoms with E-state index in [4.69, 9.17) is 65.1 Å². The van der Waals surface area contributed by atoms with Gasteiger partial charge in [0.15, 0.2) is 5.69 Å². The predicted molar refractivity (Wildman–Crippen MR) is 359 cm³/mol. The van der Waals surface area contributed by atoms with E-state index in [1.807, 2.05) is 84.9 Å². The van der Waals surface area contributed by atoms with Crippen molar-refractivity contribution < 1.29 is 52.5 Å². The van der Waals surface area contributed by atoms with E-state index < -0.39 is 23.1 Å². The molecule has 4 aliphatic rings. The second-order valence-corrected chi connectivity index (χ2v) is 22.4. The number of benzodiazepines with no additional fused rings is 1. The largest absolute Gasteiger partial charge is 0.464 e. The number of thiol groups is 1. The van der Waals surface area contributed by atoms with Gasteiger partial charge in [0.1, 0.15) is 11.4 Å². The van der Waals surface area contributed by atoms with Crippen molar-refractivity contribution in [3.63, 3.8) is 0 Å². The summed E-state index contributed by atoms with van der Waals surface area (Å²) < 4.78 is 26.1. The Morgan fingerprint density at radius 1 is 0.700 bits per heavy atom. The molecule has 10 rings (SSSR count). The Kier molecular flexibility index (Phi) is 26.7. The van der Waals surface area contributed by atoms with Gasteiger partial charge in [0, 0.05) is 32.2 Å². The van der Waals surface area contributed by atoms with E-state index in [9.17, 15) is 28.8 Å². The molecule has 6 aromatic carbocycles. The molecule has 3 amide bonds. The van der Waals surface area contributed by atoms with E-state index in [1.165, 1.54) is 55.0 Å². The number of unbranched alkanes of at least 4 members (excludes halogenated alkanes) is 5. The summed E-state index contributed by atoms with van der Waals surface area (Å²) in [4.78, 5) is 90.8. The molecule has 23 heteroatoms. The van der Waals surface area contributed by atoms with Gasteiger partial charge in [-0.1, -0.05) is 189 Å². The third-order valence-corrected chi connectivity index (χ3v) is 15.6. The first-order valence-electron chi connectivity index (χ1n) is 28.2. The van der Waals surface area contributed by atoms with Crippen LogP contribution in [0.15, 0.2) is 210 Å². The van der Waals surface area contributed by atoms with Crippen LogP contribution >= 0.6 is 71.0 Å². The second-order valence-electron chi connectivity index (χ2n) is 18.9. The lowest BCUT2D eigenvalue weighted by molar-refractivity contribution is -0.131. The first kappa shape index (κ1) is 68.8. The third kappa shape index (κ3) is 18.9. The van der Waals surface area contributed by atoms with Gasteiger partial charge in [-0.3, -0.25) is 14.4 Å². The molecule has 0 atom stereocenters. The Morgan fingerprint density at radius 3 is 1.97 bits per heavy atom. The fraction of sp³-hybridized carbons (Fsp3) is 0.194. The van der Waals surface area contributed by atoms with Gasteiger partial charge < -0.3 is 29.0 Å². The SMILES string of the molecule is C/C=C1/N=C(c2cccc(C(=O)OCCCCCCCC)c2)OC1=O.O=C1Nc2ccccc2C(c2ccccc2)=N/C1=C/S.O=C1S/C(=C/Sc2ccccc2)C(=O)N1c1c(Cl)cc(Cl)cc1Cl.[C-]#[N+]c1ccc(C2=NC(=C(OCC)OCC)C(=O)O2)cc1. The zero-order valence-corrected chi connectivity index (χ0v) is 53.9. The topological polar surface area (TPSA) is 205 Å². The number of esters is 3. The highest BCUT2D eigenvalue weighted by molar-refractivity contribution is 8.19. The molecule has 90 heavy (non-hydrogen) atoms. The van der Waals surface area contributed by atoms with Gasteiger partial charge in [0.05, 0.1) is 64.0 Å². The number of para-hydroxylation sites is 1. The molecule has 0 aromatic heterocycles. The van der Waals surface area contributed by atoms with Crippen LogP contribution in [0.5, 0.6) is 0 Å². The van der Waals surface area contributed by atoms with Gasteiger partial charge >= 0.3 is 23.9 Å². The zero-order valence-electron chi connectivity index (χ0n) is 49.1. The lowest BCUT2D eigenvalue weighted by atomic mass is 10.0. The van der Waals surface area contributed by atoms with Gasteiger partial charge in [-0.2, -0.15) is 4.99 Å². The molecule has 4 aliphatic heterocycles. The van der Waals surface area contributed by atoms with Crippen molar-refractivity contribution >= 4 is 140 Å². The number of amides is 3. The predicted octanol–water partition coefficient (Wildman–Crippen LogP) is 16.9. The highest BCUT2D eigenvalue weighted by Gasteiger charge is 2.39. The standard InChI is InChI=1S/C20H25NO4.C16H8Cl3NO2S2.C16H12N2OS.C15H14N2O4/c1-3-5-6-7-8-9-13-24-19(22)16-12-10-11-15(14-16)18-21-17(4-2)20(23)25-18;17-9-6-11(18)14(12(19)7-9)20-15(21)13(24-16(20)22)8-23-10-4-2-1-3-5-10;19-16-14(10-20)17-15(11-6-2-1-3-7-11)12-8-4-5-9-13(12)18-16;1-4-19-15(20-5-2)12-14(18)21-13(17-12)10-6-8-11(16-3)9-7-10/h4,10-12,14H,3,5-9,13H2,1-2H3;1-8H;1-10,20H,(H,18,19);6-9H,4-5H2,1-2H3/b17-4+;13-8+;14-10+;. The van der Waals surface area contributed by atoms with Crippen LogP contribution in [0, 0.1) is 6.57 Å². The van der Waals surface area contributed by atoms with Crippen molar-refractivity contribution in [3.8, 4) is 0 Å². The molecule has 1 N–H and O–H groups in total. The Morgan fingerprint density at radius 2 is 1.32 bits per heavy atom. The number of carbonyl (C=O) groups is 6. The maximum Gasteiger partial charge on any atom is 0.371 e. The molecule has 462 valence electrons. The Labute approximate surface area is 550 Å². The van der Waals surface area contributed by atoms with Crippen LogP contribution < -0.4 is 10.2 Å². The molecule has 0 aliphatic carbocycles. The van der Waals surface area contributed by atoms with E-state index >= 15 is 0 Å². The quantitative estimate of drug-likeness (QED) is 0.0120. The van der Waals surface area contributed by atoms with Crippen LogP contribution in [0.2, 0.25) is 15.1 Å². The minimum atomic E-state index is -0.615. The first-order chi connectivity index (χ1) is 43.6. The molecule has 0 spiro atoms. The third-order valence-electron chi connectivity index (χ3n) is 12.7. The van der Waals surface area contributed by atoms with E-state index in [0.29, 0.717) is 57.8 Å². The molecule has 1 fully saturated rings. The number of aliphatic imine (C=N–C) groups is 3. The number of fused-ring (bicyclic) bond motifs is 1. The summed E-state index contributed by atoms with van der Waals surface area (Å²) >= 11 is 24.4. The minimum absolute atomic E-state index is 0.0166. The number of benzene rings is 6. The van der Waals surface area contributed by atoms with E-state index in [-0.39, 0.29) is 56.7 Å². The monoisotopic (exact) mass is 1320 g/mol. The number of hydrogen-bond donors (Lipinski definition) is 2. The molecule has 1 saturated heterocycles. The summed E-state index contributed by atoms with van der Waals surface area (Å²) in [6.45, 7) is 15.5. The number of rotatable bonds is 18. The average Bonchev–Trinajstić information content (AvgIpc) is 1.73. The second kappa shape index (κ2) is 34.9. The smallest absolute Gasteiger partial charge is 0.371 e. The maximum atomic E-state index is 12.6. The van der Waals surface area contributed by atoms with Crippen molar-refractivity contribution in [2.75, 3.05) is 30.0 Å². The zero-order chi connectivity index (χ0) is 64.5. The van der Waals surface area contributed by atoms with Crippen LogP contribution in [-0.4, -0.2) is 72.3 Å². The van der Waals surface area contributed by atoms with Crippen LogP contribution in [0.1, 0.15) is 98.8 Å². The highest BCUT2D eigenvalue weighted by atomic mass is 35.5. The van der Waals surface area contributed by atoms with E-state index in [2.05, 4.69) is 44.7 Å². The fourth-order valence-corrected chi connectivity index (χ4v) is 11.1. The van der Waals surface area contributed by atoms with Crippen molar-refractivity contribution in [2.24, 2.45) is 15.0 Å².